The minimum absolute atomic E-state index is 0.593. The number of ether oxygens (including phenoxy) is 1. The summed E-state index contributed by atoms with van der Waals surface area (Å²) < 4.78 is 4.95. The van der Waals surface area contributed by atoms with Crippen LogP contribution in [0.1, 0.15) is 16.7 Å². The van der Waals surface area contributed by atoms with Crippen molar-refractivity contribution in [3.8, 4) is 0 Å². The first-order chi connectivity index (χ1) is 7.69. The maximum atomic E-state index is 5.48. The van der Waals surface area contributed by atoms with Gasteiger partial charge in [-0.1, -0.05) is 17.7 Å². The second kappa shape index (κ2) is 6.25. The largest absolute Gasteiger partial charge is 0.383 e. The highest BCUT2D eigenvalue weighted by molar-refractivity contribution is 5.99. The predicted molar refractivity (Wildman–Crippen MR) is 66.5 cm³/mol. The Bertz CT molecular complexity index is 375. The van der Waals surface area contributed by atoms with Crippen molar-refractivity contribution in [2.24, 2.45) is 10.8 Å². The molecule has 0 saturated heterocycles. The predicted octanol–water partition coefficient (Wildman–Crippen LogP) is 1.16. The molecule has 0 radical (unpaired) electrons. The van der Waals surface area contributed by atoms with Crippen LogP contribution in [0.3, 0.4) is 0 Å². The van der Waals surface area contributed by atoms with E-state index in [0.29, 0.717) is 19.0 Å². The number of aliphatic imine (C=N–C) groups is 1. The summed E-state index contributed by atoms with van der Waals surface area (Å²) in [5, 5.41) is 0. The van der Waals surface area contributed by atoms with E-state index < -0.39 is 0 Å². The lowest BCUT2D eigenvalue weighted by atomic mass is 10.0. The Morgan fingerprint density at radius 3 is 2.81 bits per heavy atom. The number of nitrogens with one attached hydrogen (secondary N) is 1. The summed E-state index contributed by atoms with van der Waals surface area (Å²) in [6.45, 7) is 5.28. The van der Waals surface area contributed by atoms with Gasteiger partial charge in [-0.15, -0.1) is 0 Å². The van der Waals surface area contributed by atoms with Crippen LogP contribution in [0.25, 0.3) is 0 Å². The molecule has 0 aliphatic rings. The number of nitrogens with zero attached hydrogens (tertiary/aromatic N) is 1. The first kappa shape index (κ1) is 12.7. The van der Waals surface area contributed by atoms with Gasteiger partial charge in [-0.3, -0.25) is 4.99 Å². The van der Waals surface area contributed by atoms with Gasteiger partial charge in [0.1, 0.15) is 5.84 Å². The van der Waals surface area contributed by atoms with Gasteiger partial charge < -0.3 is 10.2 Å². The number of amidine groups is 1. The van der Waals surface area contributed by atoms with Crippen LogP contribution in [0.5, 0.6) is 0 Å². The van der Waals surface area contributed by atoms with E-state index in [4.69, 9.17) is 10.6 Å². The lowest BCUT2D eigenvalue weighted by Crippen LogP contribution is -2.32. The minimum atomic E-state index is 0.593. The van der Waals surface area contributed by atoms with E-state index in [1.807, 2.05) is 13.8 Å². The Hall–Kier alpha value is -1.39. The molecular weight excluding hydrogens is 202 g/mol. The number of nitrogens with two attached hydrogens (primary N) is 1. The van der Waals surface area contributed by atoms with Crippen molar-refractivity contribution in [3.63, 3.8) is 0 Å². The molecule has 0 saturated carbocycles. The van der Waals surface area contributed by atoms with E-state index in [1.165, 1.54) is 5.56 Å². The summed E-state index contributed by atoms with van der Waals surface area (Å²) in [5.74, 6) is 6.19. The molecule has 88 valence electrons. The molecule has 0 aliphatic carbocycles. The molecule has 0 amide bonds. The van der Waals surface area contributed by atoms with Crippen molar-refractivity contribution >= 4 is 5.84 Å². The van der Waals surface area contributed by atoms with Crippen molar-refractivity contribution in [3.05, 3.63) is 34.9 Å². The lowest BCUT2D eigenvalue weighted by Gasteiger charge is -2.10. The number of rotatable bonds is 4. The van der Waals surface area contributed by atoms with Gasteiger partial charge in [0.15, 0.2) is 0 Å². The van der Waals surface area contributed by atoms with Gasteiger partial charge in [-0.05, 0) is 25.5 Å². The number of hydrogen-bond donors (Lipinski definition) is 2. The van der Waals surface area contributed by atoms with Crippen molar-refractivity contribution in [2.75, 3.05) is 20.3 Å². The van der Waals surface area contributed by atoms with Crippen LogP contribution < -0.4 is 11.3 Å². The number of hydrogen-bond acceptors (Lipinski definition) is 3. The van der Waals surface area contributed by atoms with E-state index in [1.54, 1.807) is 7.11 Å². The smallest absolute Gasteiger partial charge is 0.142 e. The molecular formula is C12H19N3O. The highest BCUT2D eigenvalue weighted by Gasteiger charge is 2.05. The zero-order valence-corrected chi connectivity index (χ0v) is 10.1. The molecule has 4 nitrogen and oxygen atoms in total. The quantitative estimate of drug-likeness (QED) is 0.264. The lowest BCUT2D eigenvalue weighted by molar-refractivity contribution is 0.208. The molecule has 3 N–H and O–H groups in total. The van der Waals surface area contributed by atoms with E-state index in [9.17, 15) is 0 Å². The monoisotopic (exact) mass is 221 g/mol. The molecule has 0 unspecified atom stereocenters. The van der Waals surface area contributed by atoms with Gasteiger partial charge in [-0.25, -0.2) is 5.84 Å². The highest BCUT2D eigenvalue weighted by atomic mass is 16.5. The van der Waals surface area contributed by atoms with Crippen molar-refractivity contribution in [1.82, 2.24) is 5.43 Å². The summed E-state index contributed by atoms with van der Waals surface area (Å²) in [6.07, 6.45) is 0. The molecule has 0 atom stereocenters. The molecule has 16 heavy (non-hydrogen) atoms. The van der Waals surface area contributed by atoms with Crippen molar-refractivity contribution < 1.29 is 4.74 Å². The fourth-order valence-electron chi connectivity index (χ4n) is 1.45. The molecule has 0 spiro atoms. The number of methoxy groups -OCH3 is 1. The van der Waals surface area contributed by atoms with E-state index in [-0.39, 0.29) is 0 Å². The molecule has 0 heterocycles. The Kier molecular flexibility index (Phi) is 4.95. The number of benzene rings is 1. The third kappa shape index (κ3) is 3.32. The molecule has 1 aromatic carbocycles. The van der Waals surface area contributed by atoms with Crippen LogP contribution in [0, 0.1) is 13.8 Å². The summed E-state index contributed by atoms with van der Waals surface area (Å²) in [7, 11) is 1.66. The Morgan fingerprint density at radius 2 is 2.19 bits per heavy atom. The van der Waals surface area contributed by atoms with Gasteiger partial charge in [-0.2, -0.15) is 0 Å². The third-order valence-corrected chi connectivity index (χ3v) is 2.35. The fraction of sp³-hybridized carbons (Fsp3) is 0.417. The van der Waals surface area contributed by atoms with Gasteiger partial charge in [0.05, 0.1) is 13.2 Å². The second-order valence-electron chi connectivity index (χ2n) is 3.69. The average Bonchev–Trinajstić information content (AvgIpc) is 2.28. The molecule has 1 aromatic rings. The minimum Gasteiger partial charge on any atom is -0.383 e. The fourth-order valence-corrected chi connectivity index (χ4v) is 1.45. The van der Waals surface area contributed by atoms with E-state index in [2.05, 4.69) is 28.6 Å². The normalized spacial score (nSPS) is 11.6. The van der Waals surface area contributed by atoms with Gasteiger partial charge >= 0.3 is 0 Å². The van der Waals surface area contributed by atoms with Crippen LogP contribution in [-0.2, 0) is 4.74 Å². The van der Waals surface area contributed by atoms with Crippen LogP contribution in [0.15, 0.2) is 23.2 Å². The van der Waals surface area contributed by atoms with Crippen LogP contribution in [0.2, 0.25) is 0 Å². The molecule has 0 aromatic heterocycles. The highest BCUT2D eigenvalue weighted by Crippen LogP contribution is 2.10. The molecule has 4 heteroatoms. The Morgan fingerprint density at radius 1 is 1.44 bits per heavy atom. The number of aryl methyl sites for hydroxylation is 2. The number of hydrazine groups is 1. The summed E-state index contributed by atoms with van der Waals surface area (Å²) in [4.78, 5) is 4.36. The van der Waals surface area contributed by atoms with E-state index >= 15 is 0 Å². The zero-order valence-electron chi connectivity index (χ0n) is 10.1. The van der Waals surface area contributed by atoms with Crippen LogP contribution in [0.4, 0.5) is 0 Å². The third-order valence-electron chi connectivity index (χ3n) is 2.35. The second-order valence-corrected chi connectivity index (χ2v) is 3.69. The van der Waals surface area contributed by atoms with Crippen LogP contribution >= 0.6 is 0 Å². The summed E-state index contributed by atoms with van der Waals surface area (Å²) in [6, 6.07) is 6.21. The van der Waals surface area contributed by atoms with E-state index in [0.717, 1.165) is 11.1 Å². The summed E-state index contributed by atoms with van der Waals surface area (Å²) in [5.41, 5.74) is 6.02. The van der Waals surface area contributed by atoms with Gasteiger partial charge in [0.25, 0.3) is 0 Å². The van der Waals surface area contributed by atoms with Gasteiger partial charge in [0.2, 0.25) is 0 Å². The average molecular weight is 221 g/mol. The Labute approximate surface area is 96.5 Å². The van der Waals surface area contributed by atoms with Crippen LogP contribution in [-0.4, -0.2) is 26.1 Å². The molecule has 0 aliphatic heterocycles. The SMILES string of the molecule is COCCN=C(NN)c1cc(C)ccc1C. The molecule has 0 bridgehead atoms. The standard InChI is InChI=1S/C12H19N3O/c1-9-4-5-10(2)11(8-9)12(15-13)14-6-7-16-3/h4-5,8H,6-7,13H2,1-3H3,(H,14,15). The maximum absolute atomic E-state index is 5.48. The zero-order chi connectivity index (χ0) is 12.0. The summed E-state index contributed by atoms with van der Waals surface area (Å²) >= 11 is 0. The van der Waals surface area contributed by atoms with Crippen molar-refractivity contribution in [1.29, 1.82) is 0 Å². The molecule has 1 rings (SSSR count). The maximum Gasteiger partial charge on any atom is 0.142 e. The topological polar surface area (TPSA) is 59.6 Å². The van der Waals surface area contributed by atoms with Gasteiger partial charge in [0, 0.05) is 12.7 Å². The molecule has 0 fully saturated rings. The first-order valence-corrected chi connectivity index (χ1v) is 5.26. The van der Waals surface area contributed by atoms with Crippen molar-refractivity contribution in [2.45, 2.75) is 13.8 Å². The first-order valence-electron chi connectivity index (χ1n) is 5.26. The Balaban J connectivity index is 2.94.